The van der Waals surface area contributed by atoms with Crippen LogP contribution in [0.25, 0.3) is 20.7 Å². The molecular weight excluding hydrogens is 400 g/mol. The van der Waals surface area contributed by atoms with Gasteiger partial charge in [0.15, 0.2) is 5.82 Å². The first-order valence-corrected chi connectivity index (χ1v) is 10.0. The van der Waals surface area contributed by atoms with Crippen LogP contribution in [0.3, 0.4) is 0 Å². The third-order valence-electron chi connectivity index (χ3n) is 4.68. The summed E-state index contributed by atoms with van der Waals surface area (Å²) in [5, 5.41) is 26.9. The Hall–Kier alpha value is -3.49. The number of carbonyl (C=O) groups is 1. The Labute approximate surface area is 176 Å². The smallest absolute Gasteiger partial charge is 0.335 e. The molecule has 2 aromatic carbocycles. The molecule has 8 heteroatoms. The van der Waals surface area contributed by atoms with Crippen LogP contribution < -0.4 is 0 Å². The summed E-state index contributed by atoms with van der Waals surface area (Å²) in [6.07, 6.45) is 1.48. The van der Waals surface area contributed by atoms with Crippen LogP contribution >= 0.6 is 11.3 Å². The van der Waals surface area contributed by atoms with Crippen molar-refractivity contribution in [3.63, 3.8) is 0 Å². The Balaban J connectivity index is 1.63. The summed E-state index contributed by atoms with van der Waals surface area (Å²) < 4.78 is 0.851. The molecule has 150 valence electrons. The van der Waals surface area contributed by atoms with Gasteiger partial charge in [0.25, 0.3) is 0 Å². The van der Waals surface area contributed by atoms with Crippen LogP contribution in [0.15, 0.2) is 65.1 Å². The molecule has 2 aromatic heterocycles. The van der Waals surface area contributed by atoms with Crippen molar-refractivity contribution in [1.29, 1.82) is 0 Å². The minimum absolute atomic E-state index is 0.00943. The predicted octanol–water partition coefficient (Wildman–Crippen LogP) is 5.14. The van der Waals surface area contributed by atoms with Gasteiger partial charge in [-0.3, -0.25) is 0 Å². The van der Waals surface area contributed by atoms with Gasteiger partial charge in [-0.25, -0.2) is 14.8 Å². The van der Waals surface area contributed by atoms with E-state index in [1.165, 1.54) is 6.33 Å². The largest absolute Gasteiger partial charge is 0.478 e. The number of fused-ring (bicyclic) bond motifs is 1. The number of aryl methyl sites for hydroxylation is 1. The van der Waals surface area contributed by atoms with Crippen LogP contribution in [0.1, 0.15) is 27.0 Å². The summed E-state index contributed by atoms with van der Waals surface area (Å²) in [6, 6.07) is 14.3. The van der Waals surface area contributed by atoms with Crippen molar-refractivity contribution in [3.05, 3.63) is 77.1 Å². The van der Waals surface area contributed by atoms with E-state index >= 15 is 0 Å². The van der Waals surface area contributed by atoms with E-state index in [1.54, 1.807) is 35.6 Å². The molecule has 0 atom stereocenters. The van der Waals surface area contributed by atoms with Crippen molar-refractivity contribution < 1.29 is 15.0 Å². The molecular formula is C22H18N4O3S. The number of aliphatic hydroxyl groups excluding tert-OH is 1. The first kappa shape index (κ1) is 19.8. The van der Waals surface area contributed by atoms with Gasteiger partial charge in [0, 0.05) is 4.88 Å². The van der Waals surface area contributed by atoms with Crippen LogP contribution in [-0.4, -0.2) is 26.2 Å². The number of aromatic carboxylic acids is 1. The van der Waals surface area contributed by atoms with E-state index in [9.17, 15) is 9.90 Å². The lowest BCUT2D eigenvalue weighted by Gasteiger charge is -2.02. The molecule has 2 N–H and O–H groups in total. The van der Waals surface area contributed by atoms with Crippen LogP contribution in [0.2, 0.25) is 0 Å². The van der Waals surface area contributed by atoms with Gasteiger partial charge in [0.05, 0.1) is 24.2 Å². The second-order valence-corrected chi connectivity index (χ2v) is 7.71. The molecule has 0 saturated carbocycles. The minimum Gasteiger partial charge on any atom is -0.478 e. The standard InChI is InChI=1S/C22H18N4O3S/c1-13-18-20(30-19(13)17-4-2-3-15(9-17)11-27)21(24-12-23-18)26-25-10-14-5-7-16(8-6-14)22(28)29/h2-9,12,27H,10-11H2,1H3,(H,28,29). The van der Waals surface area contributed by atoms with Gasteiger partial charge in [-0.2, -0.15) is 5.11 Å². The number of nitrogens with zero attached hydrogens (tertiary/aromatic N) is 4. The lowest BCUT2D eigenvalue weighted by atomic mass is 10.1. The van der Waals surface area contributed by atoms with Crippen LogP contribution in [-0.2, 0) is 13.2 Å². The fraction of sp³-hybridized carbons (Fsp3) is 0.136. The molecule has 0 unspecified atom stereocenters. The highest BCUT2D eigenvalue weighted by Crippen LogP contribution is 2.40. The molecule has 4 rings (SSSR count). The molecule has 0 radical (unpaired) electrons. The highest BCUT2D eigenvalue weighted by Gasteiger charge is 2.15. The molecule has 30 heavy (non-hydrogen) atoms. The number of azo groups is 1. The third-order valence-corrected chi connectivity index (χ3v) is 6.00. The van der Waals surface area contributed by atoms with E-state index in [0.29, 0.717) is 12.4 Å². The molecule has 7 nitrogen and oxygen atoms in total. The average molecular weight is 418 g/mol. The van der Waals surface area contributed by atoms with Gasteiger partial charge in [-0.15, -0.1) is 16.5 Å². The number of carboxylic acids is 1. The van der Waals surface area contributed by atoms with E-state index in [2.05, 4.69) is 20.2 Å². The zero-order chi connectivity index (χ0) is 21.1. The number of hydrogen-bond acceptors (Lipinski definition) is 7. The second-order valence-electron chi connectivity index (χ2n) is 6.69. The zero-order valence-corrected chi connectivity index (χ0v) is 16.9. The van der Waals surface area contributed by atoms with Gasteiger partial charge in [0.2, 0.25) is 0 Å². The number of benzene rings is 2. The fourth-order valence-electron chi connectivity index (χ4n) is 3.11. The number of hydrogen-bond donors (Lipinski definition) is 2. The summed E-state index contributed by atoms with van der Waals surface area (Å²) in [5.41, 5.74) is 4.83. The lowest BCUT2D eigenvalue weighted by Crippen LogP contribution is -1.95. The molecule has 0 aliphatic rings. The van der Waals surface area contributed by atoms with Gasteiger partial charge in [0.1, 0.15) is 11.0 Å². The van der Waals surface area contributed by atoms with Crippen LogP contribution in [0.4, 0.5) is 5.82 Å². The van der Waals surface area contributed by atoms with Gasteiger partial charge in [-0.05, 0) is 47.4 Å². The van der Waals surface area contributed by atoms with Crippen molar-refractivity contribution in [2.45, 2.75) is 20.1 Å². The average Bonchev–Trinajstić information content (AvgIpc) is 3.11. The number of aromatic nitrogens is 2. The summed E-state index contributed by atoms with van der Waals surface area (Å²) in [4.78, 5) is 20.7. The molecule has 4 aromatic rings. The van der Waals surface area contributed by atoms with Gasteiger partial charge >= 0.3 is 5.97 Å². The lowest BCUT2D eigenvalue weighted by molar-refractivity contribution is 0.0697. The first-order chi connectivity index (χ1) is 14.6. The number of aliphatic hydroxyl groups is 1. The predicted molar refractivity (Wildman–Crippen MR) is 115 cm³/mol. The Kier molecular flexibility index (Phi) is 5.60. The Morgan fingerprint density at radius 3 is 2.63 bits per heavy atom. The molecule has 0 aliphatic heterocycles. The highest BCUT2D eigenvalue weighted by molar-refractivity contribution is 7.23. The van der Waals surface area contributed by atoms with E-state index < -0.39 is 5.97 Å². The summed E-state index contributed by atoms with van der Waals surface area (Å²) in [5.74, 6) is -0.459. The topological polar surface area (TPSA) is 108 Å². The van der Waals surface area contributed by atoms with Crippen molar-refractivity contribution in [1.82, 2.24) is 9.97 Å². The molecule has 0 fully saturated rings. The SMILES string of the molecule is Cc1c(-c2cccc(CO)c2)sc2c(N=NCc3ccc(C(=O)O)cc3)ncnc12. The Morgan fingerprint density at radius 2 is 1.90 bits per heavy atom. The summed E-state index contributed by atoms with van der Waals surface area (Å²) in [6.45, 7) is 2.32. The maximum absolute atomic E-state index is 10.9. The van der Waals surface area contributed by atoms with Crippen molar-refractivity contribution in [2.75, 3.05) is 0 Å². The maximum atomic E-state index is 10.9. The van der Waals surface area contributed by atoms with Crippen molar-refractivity contribution >= 4 is 33.3 Å². The molecule has 0 aliphatic carbocycles. The third kappa shape index (κ3) is 3.96. The molecule has 2 heterocycles. The zero-order valence-electron chi connectivity index (χ0n) is 16.1. The van der Waals surface area contributed by atoms with E-state index in [0.717, 1.165) is 37.3 Å². The Bertz CT molecular complexity index is 1250. The summed E-state index contributed by atoms with van der Waals surface area (Å²) in [7, 11) is 0. The first-order valence-electron chi connectivity index (χ1n) is 9.21. The highest BCUT2D eigenvalue weighted by atomic mass is 32.1. The van der Waals surface area contributed by atoms with Crippen LogP contribution in [0, 0.1) is 6.92 Å². The van der Waals surface area contributed by atoms with E-state index in [1.807, 2.05) is 31.2 Å². The van der Waals surface area contributed by atoms with Crippen LogP contribution in [0.5, 0.6) is 0 Å². The number of thiophene rings is 1. The Morgan fingerprint density at radius 1 is 1.10 bits per heavy atom. The minimum atomic E-state index is -0.958. The maximum Gasteiger partial charge on any atom is 0.335 e. The van der Waals surface area contributed by atoms with E-state index in [-0.39, 0.29) is 12.2 Å². The van der Waals surface area contributed by atoms with Gasteiger partial charge < -0.3 is 10.2 Å². The molecule has 0 bridgehead atoms. The molecule has 0 spiro atoms. The number of rotatable bonds is 6. The summed E-state index contributed by atoms with van der Waals surface area (Å²) >= 11 is 1.55. The van der Waals surface area contributed by atoms with Gasteiger partial charge in [-0.1, -0.05) is 30.3 Å². The van der Waals surface area contributed by atoms with Crippen molar-refractivity contribution in [3.8, 4) is 10.4 Å². The quantitative estimate of drug-likeness (QED) is 0.421. The fourth-order valence-corrected chi connectivity index (χ4v) is 4.29. The monoisotopic (exact) mass is 418 g/mol. The molecule has 0 amide bonds. The van der Waals surface area contributed by atoms with Crippen molar-refractivity contribution in [2.24, 2.45) is 10.2 Å². The van der Waals surface area contributed by atoms with E-state index in [4.69, 9.17) is 5.11 Å². The second kappa shape index (κ2) is 8.48. The normalized spacial score (nSPS) is 11.4. The number of carboxylic acid groups (broad SMARTS) is 1. The molecule has 0 saturated heterocycles.